The number of nitriles is 1. The average molecular weight is 163 g/mol. The Morgan fingerprint density at radius 2 is 2.58 bits per heavy atom. The number of nitrogens with zero attached hydrogens (tertiary/aromatic N) is 5. The number of ether oxygens (including phenoxy) is 1. The third-order valence-corrected chi connectivity index (χ3v) is 1.38. The zero-order valence-corrected chi connectivity index (χ0v) is 6.08. The SMILES string of the molecule is N#Cc1cnn(N2COC=N2)c1. The van der Waals surface area contributed by atoms with Crippen LogP contribution in [0.2, 0.25) is 0 Å². The molecule has 12 heavy (non-hydrogen) atoms. The summed E-state index contributed by atoms with van der Waals surface area (Å²) >= 11 is 0. The van der Waals surface area contributed by atoms with E-state index >= 15 is 0 Å². The highest BCUT2D eigenvalue weighted by Gasteiger charge is 2.09. The van der Waals surface area contributed by atoms with Crippen molar-refractivity contribution in [1.29, 1.82) is 5.26 Å². The Balaban J connectivity index is 2.23. The third kappa shape index (κ3) is 0.971. The number of aromatic nitrogens is 2. The van der Waals surface area contributed by atoms with Gasteiger partial charge in [-0.25, -0.2) is 0 Å². The van der Waals surface area contributed by atoms with Crippen molar-refractivity contribution in [3.63, 3.8) is 0 Å². The maximum absolute atomic E-state index is 8.50. The van der Waals surface area contributed by atoms with Crippen molar-refractivity contribution in [2.45, 2.75) is 0 Å². The summed E-state index contributed by atoms with van der Waals surface area (Å²) in [5.74, 6) is 0. The van der Waals surface area contributed by atoms with E-state index in [1.54, 1.807) is 6.20 Å². The van der Waals surface area contributed by atoms with Gasteiger partial charge >= 0.3 is 0 Å². The van der Waals surface area contributed by atoms with Gasteiger partial charge in [0.25, 0.3) is 0 Å². The monoisotopic (exact) mass is 163 g/mol. The standard InChI is InChI=1S/C6H5N5O/c7-1-6-2-8-10(3-6)11-5-12-4-9-11/h2-4H,5H2. The maximum Gasteiger partial charge on any atom is 0.200 e. The molecule has 0 spiro atoms. The van der Waals surface area contributed by atoms with E-state index in [1.165, 1.54) is 22.5 Å². The first-order valence-corrected chi connectivity index (χ1v) is 3.27. The summed E-state index contributed by atoms with van der Waals surface area (Å²) in [6.45, 7) is 0.326. The smallest absolute Gasteiger partial charge is 0.200 e. The van der Waals surface area contributed by atoms with Crippen molar-refractivity contribution >= 4 is 6.40 Å². The number of rotatable bonds is 1. The molecule has 1 aromatic heterocycles. The van der Waals surface area contributed by atoms with Crippen LogP contribution in [0.1, 0.15) is 5.56 Å². The van der Waals surface area contributed by atoms with E-state index < -0.39 is 0 Å². The van der Waals surface area contributed by atoms with Crippen LogP contribution >= 0.6 is 0 Å². The molecule has 0 aliphatic carbocycles. The minimum atomic E-state index is 0.326. The first-order chi connectivity index (χ1) is 5.90. The van der Waals surface area contributed by atoms with Gasteiger partial charge in [0.05, 0.1) is 18.0 Å². The highest BCUT2D eigenvalue weighted by Crippen LogP contribution is 1.99. The molecule has 60 valence electrons. The first-order valence-electron chi connectivity index (χ1n) is 3.27. The highest BCUT2D eigenvalue weighted by molar-refractivity contribution is 5.49. The summed E-state index contributed by atoms with van der Waals surface area (Å²) in [5.41, 5.74) is 0.497. The molecule has 0 saturated heterocycles. The number of hydrogen-bond acceptors (Lipinski definition) is 5. The fourth-order valence-corrected chi connectivity index (χ4v) is 0.830. The van der Waals surface area contributed by atoms with E-state index in [1.807, 2.05) is 6.07 Å². The summed E-state index contributed by atoms with van der Waals surface area (Å²) in [7, 11) is 0. The molecule has 0 bridgehead atoms. The van der Waals surface area contributed by atoms with Crippen LogP contribution in [0, 0.1) is 11.3 Å². The lowest BCUT2D eigenvalue weighted by molar-refractivity contribution is 0.313. The van der Waals surface area contributed by atoms with Crippen LogP contribution in [0.25, 0.3) is 0 Å². The summed E-state index contributed by atoms with van der Waals surface area (Å²) in [4.78, 5) is 1.45. The fourth-order valence-electron chi connectivity index (χ4n) is 0.830. The van der Waals surface area contributed by atoms with Gasteiger partial charge in [-0.15, -0.1) is 10.2 Å². The van der Waals surface area contributed by atoms with Crippen LogP contribution in [0.5, 0.6) is 0 Å². The van der Waals surface area contributed by atoms with Gasteiger partial charge in [-0.05, 0) is 0 Å². The molecule has 2 rings (SSSR count). The lowest BCUT2D eigenvalue weighted by atomic mass is 10.4. The van der Waals surface area contributed by atoms with E-state index in [0.29, 0.717) is 12.3 Å². The predicted octanol–water partition coefficient (Wildman–Crippen LogP) is -0.376. The minimum Gasteiger partial charge on any atom is -0.457 e. The summed E-state index contributed by atoms with van der Waals surface area (Å²) in [6, 6.07) is 1.97. The summed E-state index contributed by atoms with van der Waals surface area (Å²) < 4.78 is 4.84. The van der Waals surface area contributed by atoms with Gasteiger partial charge in [-0.2, -0.15) is 15.2 Å². The van der Waals surface area contributed by atoms with Gasteiger partial charge in [0, 0.05) is 0 Å². The quantitative estimate of drug-likeness (QED) is 0.566. The second-order valence-electron chi connectivity index (χ2n) is 2.15. The van der Waals surface area contributed by atoms with Crippen LogP contribution in [0.4, 0.5) is 0 Å². The van der Waals surface area contributed by atoms with E-state index in [2.05, 4.69) is 10.2 Å². The first kappa shape index (κ1) is 6.67. The van der Waals surface area contributed by atoms with Crippen molar-refractivity contribution < 1.29 is 4.74 Å². The molecule has 1 aliphatic heterocycles. The van der Waals surface area contributed by atoms with Gasteiger partial charge in [-0.1, -0.05) is 0 Å². The number of hydrogen-bond donors (Lipinski definition) is 0. The average Bonchev–Trinajstić information content (AvgIpc) is 2.75. The molecule has 1 aromatic rings. The Labute approximate surface area is 68.2 Å². The Kier molecular flexibility index (Phi) is 1.41. The normalized spacial score (nSPS) is 14.4. The molecule has 2 heterocycles. The van der Waals surface area contributed by atoms with Crippen LogP contribution in [0.3, 0.4) is 0 Å². The molecular weight excluding hydrogens is 158 g/mol. The van der Waals surface area contributed by atoms with Crippen LogP contribution in [0.15, 0.2) is 17.5 Å². The van der Waals surface area contributed by atoms with Gasteiger partial charge in [0.15, 0.2) is 13.1 Å². The molecule has 0 radical (unpaired) electrons. The molecule has 0 atom stereocenters. The Hall–Kier alpha value is -2.03. The Morgan fingerprint density at radius 1 is 1.67 bits per heavy atom. The predicted molar refractivity (Wildman–Crippen MR) is 39.6 cm³/mol. The van der Waals surface area contributed by atoms with E-state index in [-0.39, 0.29) is 0 Å². The molecule has 0 fully saturated rings. The minimum absolute atomic E-state index is 0.326. The largest absolute Gasteiger partial charge is 0.457 e. The van der Waals surface area contributed by atoms with Crippen LogP contribution in [-0.4, -0.2) is 23.0 Å². The zero-order chi connectivity index (χ0) is 8.39. The van der Waals surface area contributed by atoms with Gasteiger partial charge in [-0.3, -0.25) is 0 Å². The van der Waals surface area contributed by atoms with Gasteiger partial charge in [0.1, 0.15) is 6.07 Å². The van der Waals surface area contributed by atoms with Gasteiger partial charge < -0.3 is 4.74 Å². The summed E-state index contributed by atoms with van der Waals surface area (Å²) in [6.07, 6.45) is 4.37. The molecule has 1 aliphatic rings. The lowest BCUT2D eigenvalue weighted by Gasteiger charge is -2.09. The van der Waals surface area contributed by atoms with E-state index in [4.69, 9.17) is 10.00 Å². The van der Waals surface area contributed by atoms with Crippen molar-refractivity contribution in [2.75, 3.05) is 11.8 Å². The molecule has 0 saturated carbocycles. The molecule has 0 N–H and O–H groups in total. The van der Waals surface area contributed by atoms with Crippen LogP contribution < -0.4 is 5.12 Å². The molecule has 0 amide bonds. The number of hydrazone groups is 1. The van der Waals surface area contributed by atoms with E-state index in [0.717, 1.165) is 0 Å². The topological polar surface area (TPSA) is 66.4 Å². The Morgan fingerprint density at radius 3 is 3.17 bits per heavy atom. The summed E-state index contributed by atoms with van der Waals surface area (Å²) in [5, 5.41) is 17.7. The third-order valence-electron chi connectivity index (χ3n) is 1.38. The molecule has 0 aromatic carbocycles. The second-order valence-corrected chi connectivity index (χ2v) is 2.15. The Bertz CT molecular complexity index is 349. The molecular formula is C6H5N5O. The zero-order valence-electron chi connectivity index (χ0n) is 6.08. The van der Waals surface area contributed by atoms with Crippen molar-refractivity contribution in [3.05, 3.63) is 18.0 Å². The highest BCUT2D eigenvalue weighted by atomic mass is 16.5. The molecule has 0 unspecified atom stereocenters. The maximum atomic E-state index is 8.50. The molecule has 6 nitrogen and oxygen atoms in total. The molecule has 6 heteroatoms. The van der Waals surface area contributed by atoms with Crippen LogP contribution in [-0.2, 0) is 4.74 Å². The second kappa shape index (κ2) is 2.54. The van der Waals surface area contributed by atoms with Gasteiger partial charge in [0.2, 0.25) is 0 Å². The fraction of sp³-hybridized carbons (Fsp3) is 0.167. The van der Waals surface area contributed by atoms with Crippen molar-refractivity contribution in [2.24, 2.45) is 5.10 Å². The van der Waals surface area contributed by atoms with Crippen molar-refractivity contribution in [3.8, 4) is 6.07 Å². The van der Waals surface area contributed by atoms with Crippen molar-refractivity contribution in [1.82, 2.24) is 9.89 Å². The lowest BCUT2D eigenvalue weighted by Crippen LogP contribution is -2.27. The van der Waals surface area contributed by atoms with E-state index in [9.17, 15) is 0 Å².